The van der Waals surface area contributed by atoms with Crippen LogP contribution < -0.4 is 0 Å². The van der Waals surface area contributed by atoms with Gasteiger partial charge in [-0.25, -0.2) is 4.39 Å². The molecule has 21 heavy (non-hydrogen) atoms. The highest BCUT2D eigenvalue weighted by Crippen LogP contribution is 2.30. The molecule has 0 amide bonds. The number of aryl methyl sites for hydroxylation is 1. The molecular formula is C16H20ClFN2O. The standard InChI is InChI=1S/C16H20ClFN2O/c1-16(2,3)15-11(9-20(4)19-15)14(21)8-10-5-6-12(17)13(18)7-10/h5-7,9,14,21H,8H2,1-4H3. The summed E-state index contributed by atoms with van der Waals surface area (Å²) in [5.74, 6) is -0.469. The summed E-state index contributed by atoms with van der Waals surface area (Å²) in [5, 5.41) is 15.0. The first-order chi connectivity index (χ1) is 9.68. The van der Waals surface area contributed by atoms with Gasteiger partial charge >= 0.3 is 0 Å². The van der Waals surface area contributed by atoms with Crippen molar-refractivity contribution in [3.63, 3.8) is 0 Å². The molecule has 1 aromatic heterocycles. The number of hydrogen-bond donors (Lipinski definition) is 1. The third-order valence-electron chi connectivity index (χ3n) is 3.34. The van der Waals surface area contributed by atoms with Crippen molar-refractivity contribution in [2.75, 3.05) is 0 Å². The van der Waals surface area contributed by atoms with E-state index in [1.54, 1.807) is 10.7 Å². The summed E-state index contributed by atoms with van der Waals surface area (Å²) in [7, 11) is 1.83. The van der Waals surface area contributed by atoms with E-state index in [0.29, 0.717) is 12.0 Å². The summed E-state index contributed by atoms with van der Waals surface area (Å²) in [6.45, 7) is 6.15. The Balaban J connectivity index is 2.28. The molecule has 0 saturated carbocycles. The van der Waals surface area contributed by atoms with E-state index < -0.39 is 11.9 Å². The van der Waals surface area contributed by atoms with Gasteiger partial charge < -0.3 is 5.11 Å². The van der Waals surface area contributed by atoms with Gasteiger partial charge in [-0.15, -0.1) is 0 Å². The number of aliphatic hydroxyl groups is 1. The molecule has 2 rings (SSSR count). The van der Waals surface area contributed by atoms with E-state index in [1.807, 2.05) is 34.0 Å². The quantitative estimate of drug-likeness (QED) is 0.936. The van der Waals surface area contributed by atoms with Crippen LogP contribution in [0.15, 0.2) is 24.4 Å². The molecule has 1 heterocycles. The van der Waals surface area contributed by atoms with E-state index in [0.717, 1.165) is 11.3 Å². The number of aromatic nitrogens is 2. The average Bonchev–Trinajstić information content (AvgIpc) is 2.76. The largest absolute Gasteiger partial charge is 0.388 e. The molecule has 0 fully saturated rings. The van der Waals surface area contributed by atoms with Crippen LogP contribution in [0.4, 0.5) is 4.39 Å². The molecule has 1 N–H and O–H groups in total. The lowest BCUT2D eigenvalue weighted by atomic mass is 9.87. The Hall–Kier alpha value is -1.39. The molecule has 114 valence electrons. The van der Waals surface area contributed by atoms with Crippen molar-refractivity contribution in [1.29, 1.82) is 0 Å². The third-order valence-corrected chi connectivity index (χ3v) is 3.65. The van der Waals surface area contributed by atoms with Crippen LogP contribution in [-0.2, 0) is 18.9 Å². The maximum atomic E-state index is 13.5. The summed E-state index contributed by atoms with van der Waals surface area (Å²) in [6, 6.07) is 4.59. The monoisotopic (exact) mass is 310 g/mol. The van der Waals surface area contributed by atoms with Crippen LogP contribution >= 0.6 is 11.6 Å². The first-order valence-electron chi connectivity index (χ1n) is 6.84. The van der Waals surface area contributed by atoms with E-state index in [2.05, 4.69) is 5.10 Å². The minimum absolute atomic E-state index is 0.0880. The van der Waals surface area contributed by atoms with Crippen molar-refractivity contribution in [2.45, 2.75) is 38.7 Å². The summed E-state index contributed by atoms with van der Waals surface area (Å²) >= 11 is 5.67. The zero-order chi connectivity index (χ0) is 15.8. The average molecular weight is 311 g/mol. The first-order valence-corrected chi connectivity index (χ1v) is 7.22. The maximum absolute atomic E-state index is 13.5. The van der Waals surface area contributed by atoms with Crippen molar-refractivity contribution < 1.29 is 9.50 Å². The normalized spacial score (nSPS) is 13.5. The molecule has 2 aromatic rings. The third kappa shape index (κ3) is 3.63. The predicted molar refractivity (Wildman–Crippen MR) is 82.0 cm³/mol. The van der Waals surface area contributed by atoms with E-state index in [-0.39, 0.29) is 10.4 Å². The Morgan fingerprint density at radius 2 is 2.05 bits per heavy atom. The molecule has 0 bridgehead atoms. The molecule has 1 atom stereocenters. The van der Waals surface area contributed by atoms with Gasteiger partial charge in [0.1, 0.15) is 5.82 Å². The van der Waals surface area contributed by atoms with E-state index >= 15 is 0 Å². The van der Waals surface area contributed by atoms with Crippen LogP contribution in [-0.4, -0.2) is 14.9 Å². The van der Waals surface area contributed by atoms with Gasteiger partial charge in [-0.05, 0) is 17.7 Å². The van der Waals surface area contributed by atoms with Crippen LogP contribution in [0.1, 0.15) is 43.7 Å². The molecular weight excluding hydrogens is 291 g/mol. The molecule has 0 saturated heterocycles. The van der Waals surface area contributed by atoms with Gasteiger partial charge in [0, 0.05) is 30.6 Å². The van der Waals surface area contributed by atoms with Crippen molar-refractivity contribution in [3.8, 4) is 0 Å². The molecule has 0 aliphatic carbocycles. The fourth-order valence-corrected chi connectivity index (χ4v) is 2.45. The second-order valence-corrected chi connectivity index (χ2v) is 6.73. The second-order valence-electron chi connectivity index (χ2n) is 6.33. The molecule has 0 aliphatic rings. The predicted octanol–water partition coefficient (Wildman–Crippen LogP) is 3.79. The van der Waals surface area contributed by atoms with Gasteiger partial charge in [0.2, 0.25) is 0 Å². The minimum Gasteiger partial charge on any atom is -0.388 e. The molecule has 3 nitrogen and oxygen atoms in total. The van der Waals surface area contributed by atoms with Gasteiger partial charge in [-0.2, -0.15) is 5.10 Å². The molecule has 0 aliphatic heterocycles. The Morgan fingerprint density at radius 1 is 1.38 bits per heavy atom. The van der Waals surface area contributed by atoms with Crippen LogP contribution in [0.5, 0.6) is 0 Å². The smallest absolute Gasteiger partial charge is 0.142 e. The lowest BCUT2D eigenvalue weighted by Gasteiger charge is -2.20. The Kier molecular flexibility index (Phi) is 4.40. The maximum Gasteiger partial charge on any atom is 0.142 e. The SMILES string of the molecule is Cn1cc(C(O)Cc2ccc(Cl)c(F)c2)c(C(C)(C)C)n1. The molecule has 1 unspecified atom stereocenters. The summed E-state index contributed by atoms with van der Waals surface area (Å²) in [5.41, 5.74) is 2.17. The minimum atomic E-state index is -0.728. The number of rotatable bonds is 3. The van der Waals surface area contributed by atoms with Crippen LogP contribution in [0, 0.1) is 5.82 Å². The first kappa shape index (κ1) is 16.0. The van der Waals surface area contributed by atoms with Gasteiger partial charge in [0.05, 0.1) is 16.8 Å². The van der Waals surface area contributed by atoms with E-state index in [4.69, 9.17) is 11.6 Å². The van der Waals surface area contributed by atoms with Crippen LogP contribution in [0.3, 0.4) is 0 Å². The number of hydrogen-bond acceptors (Lipinski definition) is 2. The second kappa shape index (κ2) is 5.78. The molecule has 5 heteroatoms. The lowest BCUT2D eigenvalue weighted by molar-refractivity contribution is 0.176. The van der Waals surface area contributed by atoms with Gasteiger partial charge in [-0.3, -0.25) is 4.68 Å². The van der Waals surface area contributed by atoms with Crippen molar-refractivity contribution in [3.05, 3.63) is 52.1 Å². The molecule has 0 radical (unpaired) electrons. The molecule has 1 aromatic carbocycles. The Bertz CT molecular complexity index is 646. The van der Waals surface area contributed by atoms with Gasteiger partial charge in [0.15, 0.2) is 0 Å². The fourth-order valence-electron chi connectivity index (χ4n) is 2.33. The number of aliphatic hydroxyl groups excluding tert-OH is 1. The highest BCUT2D eigenvalue weighted by Gasteiger charge is 2.25. The number of nitrogens with zero attached hydrogens (tertiary/aromatic N) is 2. The fraction of sp³-hybridized carbons (Fsp3) is 0.438. The summed E-state index contributed by atoms with van der Waals surface area (Å²) in [4.78, 5) is 0. The Morgan fingerprint density at radius 3 is 2.62 bits per heavy atom. The number of halogens is 2. The highest BCUT2D eigenvalue weighted by molar-refractivity contribution is 6.30. The highest BCUT2D eigenvalue weighted by atomic mass is 35.5. The van der Waals surface area contributed by atoms with Crippen LogP contribution in [0.25, 0.3) is 0 Å². The van der Waals surface area contributed by atoms with Gasteiger partial charge in [0.25, 0.3) is 0 Å². The summed E-state index contributed by atoms with van der Waals surface area (Å²) in [6.07, 6.45) is 1.41. The van der Waals surface area contributed by atoms with E-state index in [9.17, 15) is 9.50 Å². The van der Waals surface area contributed by atoms with Gasteiger partial charge in [-0.1, -0.05) is 38.4 Å². The topological polar surface area (TPSA) is 38.0 Å². The van der Waals surface area contributed by atoms with Crippen molar-refractivity contribution in [2.24, 2.45) is 7.05 Å². The molecule has 0 spiro atoms. The van der Waals surface area contributed by atoms with Crippen molar-refractivity contribution in [1.82, 2.24) is 9.78 Å². The number of benzene rings is 1. The Labute approximate surface area is 129 Å². The van der Waals surface area contributed by atoms with E-state index in [1.165, 1.54) is 12.1 Å². The zero-order valence-electron chi connectivity index (χ0n) is 12.7. The summed E-state index contributed by atoms with van der Waals surface area (Å²) < 4.78 is 15.2. The lowest BCUT2D eigenvalue weighted by Crippen LogP contribution is -2.17. The zero-order valence-corrected chi connectivity index (χ0v) is 13.4. The van der Waals surface area contributed by atoms with Crippen LogP contribution in [0.2, 0.25) is 5.02 Å². The van der Waals surface area contributed by atoms with Crippen molar-refractivity contribution >= 4 is 11.6 Å².